The standard InChI is InChI=1S/C16H29N3O/c1-5-9-17-14-8-7-13(12(14)3)16-15(20-4)11-18-19(16)10-6-2/h11-14,17H,5-10H2,1-4H3. The molecule has 0 spiro atoms. The van der Waals surface area contributed by atoms with E-state index < -0.39 is 0 Å². The van der Waals surface area contributed by atoms with Crippen LogP contribution in [0.4, 0.5) is 0 Å². The summed E-state index contributed by atoms with van der Waals surface area (Å²) >= 11 is 0. The SMILES string of the molecule is CCCNC1CCC(c2c(OC)cnn2CCC)C1C. The summed E-state index contributed by atoms with van der Waals surface area (Å²) in [7, 11) is 1.75. The minimum atomic E-state index is 0.563. The summed E-state index contributed by atoms with van der Waals surface area (Å²) in [5.41, 5.74) is 1.31. The second kappa shape index (κ2) is 7.11. The van der Waals surface area contributed by atoms with Crippen LogP contribution in [0, 0.1) is 5.92 Å². The first-order valence-electron chi connectivity index (χ1n) is 8.05. The Morgan fingerprint density at radius 3 is 2.80 bits per heavy atom. The molecular weight excluding hydrogens is 250 g/mol. The van der Waals surface area contributed by atoms with E-state index in [0.717, 1.165) is 25.3 Å². The minimum absolute atomic E-state index is 0.563. The van der Waals surface area contributed by atoms with E-state index in [1.807, 2.05) is 6.20 Å². The second-order valence-corrected chi connectivity index (χ2v) is 5.92. The normalized spacial score (nSPS) is 26.1. The summed E-state index contributed by atoms with van der Waals surface area (Å²) in [6.07, 6.45) is 6.67. The molecule has 2 rings (SSSR count). The van der Waals surface area contributed by atoms with Gasteiger partial charge in [-0.25, -0.2) is 0 Å². The van der Waals surface area contributed by atoms with E-state index in [9.17, 15) is 0 Å². The Bertz CT molecular complexity index is 416. The molecule has 1 aliphatic rings. The van der Waals surface area contributed by atoms with Crippen molar-refractivity contribution in [3.63, 3.8) is 0 Å². The molecule has 4 heteroatoms. The van der Waals surface area contributed by atoms with Crippen LogP contribution in [0.2, 0.25) is 0 Å². The maximum Gasteiger partial charge on any atom is 0.160 e. The van der Waals surface area contributed by atoms with E-state index in [1.165, 1.54) is 25.0 Å². The Labute approximate surface area is 122 Å². The lowest BCUT2D eigenvalue weighted by Crippen LogP contribution is -2.33. The molecule has 1 aliphatic carbocycles. The first kappa shape index (κ1) is 15.4. The fourth-order valence-electron chi connectivity index (χ4n) is 3.47. The monoisotopic (exact) mass is 279 g/mol. The fourth-order valence-corrected chi connectivity index (χ4v) is 3.47. The lowest BCUT2D eigenvalue weighted by molar-refractivity contribution is 0.368. The second-order valence-electron chi connectivity index (χ2n) is 5.92. The van der Waals surface area contributed by atoms with Crippen LogP contribution in [-0.4, -0.2) is 29.5 Å². The molecule has 0 radical (unpaired) electrons. The molecule has 20 heavy (non-hydrogen) atoms. The quantitative estimate of drug-likeness (QED) is 0.833. The molecule has 3 unspecified atom stereocenters. The Hall–Kier alpha value is -1.03. The van der Waals surface area contributed by atoms with Crippen LogP contribution < -0.4 is 10.1 Å². The maximum absolute atomic E-state index is 5.55. The van der Waals surface area contributed by atoms with Crippen molar-refractivity contribution in [1.29, 1.82) is 0 Å². The molecule has 3 atom stereocenters. The third-order valence-corrected chi connectivity index (χ3v) is 4.57. The summed E-state index contributed by atoms with van der Waals surface area (Å²) in [6, 6.07) is 0.634. The van der Waals surface area contributed by atoms with E-state index in [1.54, 1.807) is 7.11 Å². The molecule has 0 amide bonds. The van der Waals surface area contributed by atoms with Gasteiger partial charge in [0.15, 0.2) is 5.75 Å². The molecule has 1 aromatic heterocycles. The molecule has 1 fully saturated rings. The van der Waals surface area contributed by atoms with Gasteiger partial charge in [0.25, 0.3) is 0 Å². The lowest BCUT2D eigenvalue weighted by atomic mass is 9.92. The number of rotatable bonds is 7. The third kappa shape index (κ3) is 3.00. The van der Waals surface area contributed by atoms with Gasteiger partial charge in [-0.1, -0.05) is 20.8 Å². The predicted octanol–water partition coefficient (Wildman–Crippen LogP) is 3.18. The Morgan fingerprint density at radius 1 is 1.35 bits per heavy atom. The van der Waals surface area contributed by atoms with Gasteiger partial charge in [0.1, 0.15) is 0 Å². The van der Waals surface area contributed by atoms with Gasteiger partial charge in [0.05, 0.1) is 19.0 Å². The van der Waals surface area contributed by atoms with Crippen molar-refractivity contribution in [2.75, 3.05) is 13.7 Å². The molecule has 0 aromatic carbocycles. The minimum Gasteiger partial charge on any atom is -0.493 e. The van der Waals surface area contributed by atoms with Crippen LogP contribution in [0.1, 0.15) is 58.1 Å². The predicted molar refractivity (Wildman–Crippen MR) is 82.3 cm³/mol. The average Bonchev–Trinajstić information content (AvgIpc) is 3.00. The van der Waals surface area contributed by atoms with Crippen molar-refractivity contribution < 1.29 is 4.74 Å². The molecule has 0 bridgehead atoms. The van der Waals surface area contributed by atoms with Gasteiger partial charge in [0, 0.05) is 18.5 Å². The van der Waals surface area contributed by atoms with Crippen molar-refractivity contribution in [3.05, 3.63) is 11.9 Å². The molecule has 1 heterocycles. The molecule has 1 aromatic rings. The van der Waals surface area contributed by atoms with E-state index >= 15 is 0 Å². The summed E-state index contributed by atoms with van der Waals surface area (Å²) in [4.78, 5) is 0. The Balaban J connectivity index is 2.16. The molecule has 1 N–H and O–H groups in total. The highest BCUT2D eigenvalue weighted by Gasteiger charge is 2.36. The van der Waals surface area contributed by atoms with Crippen LogP contribution in [0.5, 0.6) is 5.75 Å². The van der Waals surface area contributed by atoms with Crippen LogP contribution >= 0.6 is 0 Å². The number of aromatic nitrogens is 2. The summed E-state index contributed by atoms with van der Waals surface area (Å²) < 4.78 is 7.70. The zero-order chi connectivity index (χ0) is 14.5. The van der Waals surface area contributed by atoms with Crippen LogP contribution in [-0.2, 0) is 6.54 Å². The van der Waals surface area contributed by atoms with E-state index in [-0.39, 0.29) is 0 Å². The third-order valence-electron chi connectivity index (χ3n) is 4.57. The zero-order valence-corrected chi connectivity index (χ0v) is 13.4. The smallest absolute Gasteiger partial charge is 0.160 e. The van der Waals surface area contributed by atoms with Gasteiger partial charge in [-0.05, 0) is 38.1 Å². The van der Waals surface area contributed by atoms with Gasteiger partial charge in [-0.2, -0.15) is 5.10 Å². The highest BCUT2D eigenvalue weighted by molar-refractivity contribution is 5.30. The molecule has 0 aliphatic heterocycles. The number of hydrogen-bond donors (Lipinski definition) is 1. The first-order valence-corrected chi connectivity index (χ1v) is 8.05. The zero-order valence-electron chi connectivity index (χ0n) is 13.4. The van der Waals surface area contributed by atoms with Crippen molar-refractivity contribution in [3.8, 4) is 5.75 Å². The van der Waals surface area contributed by atoms with Crippen molar-refractivity contribution in [1.82, 2.24) is 15.1 Å². The Morgan fingerprint density at radius 2 is 2.15 bits per heavy atom. The number of methoxy groups -OCH3 is 1. The van der Waals surface area contributed by atoms with Crippen LogP contribution in [0.25, 0.3) is 0 Å². The Kier molecular flexibility index (Phi) is 5.46. The average molecular weight is 279 g/mol. The highest BCUT2D eigenvalue weighted by Crippen LogP contribution is 2.43. The molecule has 4 nitrogen and oxygen atoms in total. The summed E-state index contributed by atoms with van der Waals surface area (Å²) in [5, 5.41) is 8.21. The van der Waals surface area contributed by atoms with E-state index in [4.69, 9.17) is 4.74 Å². The number of ether oxygens (including phenoxy) is 1. The van der Waals surface area contributed by atoms with Gasteiger partial charge < -0.3 is 10.1 Å². The number of hydrogen-bond acceptors (Lipinski definition) is 3. The molecule has 0 saturated heterocycles. The first-order chi connectivity index (χ1) is 9.72. The van der Waals surface area contributed by atoms with Crippen molar-refractivity contribution in [2.45, 2.75) is 65.0 Å². The van der Waals surface area contributed by atoms with E-state index in [0.29, 0.717) is 17.9 Å². The topological polar surface area (TPSA) is 39.1 Å². The van der Waals surface area contributed by atoms with Gasteiger partial charge in [-0.15, -0.1) is 0 Å². The highest BCUT2D eigenvalue weighted by atomic mass is 16.5. The molecule has 1 saturated carbocycles. The number of nitrogens with one attached hydrogen (secondary N) is 1. The largest absolute Gasteiger partial charge is 0.493 e. The van der Waals surface area contributed by atoms with Gasteiger partial charge >= 0.3 is 0 Å². The summed E-state index contributed by atoms with van der Waals surface area (Å²) in [6.45, 7) is 8.89. The van der Waals surface area contributed by atoms with Crippen LogP contribution in [0.3, 0.4) is 0 Å². The van der Waals surface area contributed by atoms with Crippen molar-refractivity contribution >= 4 is 0 Å². The van der Waals surface area contributed by atoms with E-state index in [2.05, 4.69) is 35.9 Å². The van der Waals surface area contributed by atoms with Gasteiger partial charge in [0.2, 0.25) is 0 Å². The summed E-state index contributed by atoms with van der Waals surface area (Å²) in [5.74, 6) is 2.17. The van der Waals surface area contributed by atoms with Crippen LogP contribution in [0.15, 0.2) is 6.20 Å². The van der Waals surface area contributed by atoms with Gasteiger partial charge in [-0.3, -0.25) is 4.68 Å². The fraction of sp³-hybridized carbons (Fsp3) is 0.812. The number of aryl methyl sites for hydroxylation is 1. The lowest BCUT2D eigenvalue weighted by Gasteiger charge is -2.23. The number of nitrogens with zero attached hydrogens (tertiary/aromatic N) is 2. The molecular formula is C16H29N3O. The maximum atomic E-state index is 5.55. The van der Waals surface area contributed by atoms with Crippen molar-refractivity contribution in [2.24, 2.45) is 5.92 Å². The molecule has 114 valence electrons.